The Morgan fingerprint density at radius 2 is 1.84 bits per heavy atom. The van der Waals surface area contributed by atoms with Crippen molar-refractivity contribution in [2.24, 2.45) is 0 Å². The van der Waals surface area contributed by atoms with Crippen molar-refractivity contribution in [2.45, 2.75) is 37.6 Å². The monoisotopic (exact) mass is 431 g/mol. The van der Waals surface area contributed by atoms with Crippen molar-refractivity contribution in [3.63, 3.8) is 0 Å². The first-order chi connectivity index (χ1) is 11.6. The Morgan fingerprint density at radius 1 is 1.16 bits per heavy atom. The Balaban J connectivity index is 2.02. The van der Waals surface area contributed by atoms with Crippen LogP contribution in [0.3, 0.4) is 0 Å². The van der Waals surface area contributed by atoms with Crippen molar-refractivity contribution < 1.29 is 13.2 Å². The highest BCUT2D eigenvalue weighted by Gasteiger charge is 2.29. The zero-order valence-electron chi connectivity index (χ0n) is 15.0. The molecule has 1 aromatic rings. The molecule has 0 saturated carbocycles. The number of halogens is 1. The Bertz CT molecular complexity index is 716. The summed E-state index contributed by atoms with van der Waals surface area (Å²) in [5.74, 6) is -0.0328. The van der Waals surface area contributed by atoms with Crippen LogP contribution in [0, 0.1) is 0 Å². The lowest BCUT2D eigenvalue weighted by Crippen LogP contribution is -2.46. The van der Waals surface area contributed by atoms with E-state index in [-0.39, 0.29) is 16.3 Å². The van der Waals surface area contributed by atoms with E-state index in [0.29, 0.717) is 43.6 Å². The highest BCUT2D eigenvalue weighted by Crippen LogP contribution is 2.25. The molecule has 140 valence electrons. The van der Waals surface area contributed by atoms with Crippen molar-refractivity contribution in [1.29, 1.82) is 0 Å². The van der Waals surface area contributed by atoms with Gasteiger partial charge in [0.05, 0.1) is 11.4 Å². The van der Waals surface area contributed by atoms with Gasteiger partial charge in [-0.05, 0) is 61.8 Å². The third-order valence-corrected chi connectivity index (χ3v) is 6.79. The summed E-state index contributed by atoms with van der Waals surface area (Å²) >= 11 is 3.32. The van der Waals surface area contributed by atoms with Gasteiger partial charge in [-0.1, -0.05) is 12.1 Å². The standard InChI is InChI=1S/C17H26BrN3O3S/c1-17(2,3)19-16(22)13-20-9-6-10-21(12-11-20)25(23,24)15-8-5-4-7-14(15)18/h4-5,7-8H,6,9-13H2,1-3H3,(H,19,22). The van der Waals surface area contributed by atoms with Crippen LogP contribution in [0.2, 0.25) is 0 Å². The predicted octanol–water partition coefficient (Wildman–Crippen LogP) is 2.06. The molecule has 0 bridgehead atoms. The van der Waals surface area contributed by atoms with Gasteiger partial charge in [-0.3, -0.25) is 9.69 Å². The topological polar surface area (TPSA) is 69.7 Å². The second kappa shape index (κ2) is 8.16. The smallest absolute Gasteiger partial charge is 0.244 e. The molecule has 1 aliphatic heterocycles. The highest BCUT2D eigenvalue weighted by molar-refractivity contribution is 9.10. The molecular formula is C17H26BrN3O3S. The molecule has 1 amide bonds. The molecule has 1 saturated heterocycles. The highest BCUT2D eigenvalue weighted by atomic mass is 79.9. The largest absolute Gasteiger partial charge is 0.350 e. The van der Waals surface area contributed by atoms with Crippen molar-refractivity contribution in [3.05, 3.63) is 28.7 Å². The maximum Gasteiger partial charge on any atom is 0.244 e. The summed E-state index contributed by atoms with van der Waals surface area (Å²) in [6.45, 7) is 8.21. The quantitative estimate of drug-likeness (QED) is 0.791. The molecule has 0 spiro atoms. The van der Waals surface area contributed by atoms with Crippen LogP contribution >= 0.6 is 15.9 Å². The third kappa shape index (κ3) is 5.77. The number of amides is 1. The van der Waals surface area contributed by atoms with E-state index in [1.807, 2.05) is 25.7 Å². The van der Waals surface area contributed by atoms with Crippen LogP contribution in [0.1, 0.15) is 27.2 Å². The van der Waals surface area contributed by atoms with E-state index in [9.17, 15) is 13.2 Å². The second-order valence-electron chi connectivity index (χ2n) is 7.26. The average molecular weight is 432 g/mol. The molecule has 6 nitrogen and oxygen atoms in total. The van der Waals surface area contributed by atoms with Gasteiger partial charge >= 0.3 is 0 Å². The molecular weight excluding hydrogens is 406 g/mol. The van der Waals surface area contributed by atoms with Gasteiger partial charge in [-0.25, -0.2) is 8.42 Å². The van der Waals surface area contributed by atoms with Crippen LogP contribution < -0.4 is 5.32 Å². The maximum atomic E-state index is 12.9. The lowest BCUT2D eigenvalue weighted by atomic mass is 10.1. The Morgan fingerprint density at radius 3 is 2.48 bits per heavy atom. The zero-order valence-corrected chi connectivity index (χ0v) is 17.4. The predicted molar refractivity (Wildman–Crippen MR) is 102 cm³/mol. The minimum atomic E-state index is -3.54. The minimum absolute atomic E-state index is 0.0328. The average Bonchev–Trinajstić information content (AvgIpc) is 2.71. The van der Waals surface area contributed by atoms with E-state index >= 15 is 0 Å². The molecule has 1 aromatic carbocycles. The molecule has 1 fully saturated rings. The number of carbonyl (C=O) groups excluding carboxylic acids is 1. The van der Waals surface area contributed by atoms with Crippen molar-refractivity contribution in [3.8, 4) is 0 Å². The molecule has 1 aliphatic rings. The number of sulfonamides is 1. The van der Waals surface area contributed by atoms with Gasteiger partial charge in [0, 0.05) is 29.6 Å². The second-order valence-corrected chi connectivity index (χ2v) is 10.0. The van der Waals surface area contributed by atoms with Gasteiger partial charge in [0.15, 0.2) is 0 Å². The zero-order chi connectivity index (χ0) is 18.7. The van der Waals surface area contributed by atoms with E-state index in [4.69, 9.17) is 0 Å². The summed E-state index contributed by atoms with van der Waals surface area (Å²) in [6.07, 6.45) is 0.701. The number of nitrogens with one attached hydrogen (secondary N) is 1. The SMILES string of the molecule is CC(C)(C)NC(=O)CN1CCCN(S(=O)(=O)c2ccccc2Br)CC1. The number of carbonyl (C=O) groups is 1. The molecule has 0 unspecified atom stereocenters. The summed E-state index contributed by atoms with van der Waals surface area (Å²) < 4.78 is 27.8. The third-order valence-electron chi connectivity index (χ3n) is 3.88. The number of hydrogen-bond donors (Lipinski definition) is 1. The molecule has 2 rings (SSSR count). The molecule has 25 heavy (non-hydrogen) atoms. The van der Waals surface area contributed by atoms with E-state index in [1.165, 1.54) is 4.31 Å². The first-order valence-electron chi connectivity index (χ1n) is 8.38. The molecule has 0 aromatic heterocycles. The molecule has 0 radical (unpaired) electrons. The number of nitrogens with zero attached hydrogens (tertiary/aromatic N) is 2. The normalized spacial score (nSPS) is 17.9. The first kappa shape index (κ1) is 20.4. The van der Waals surface area contributed by atoms with Gasteiger partial charge in [0.1, 0.15) is 0 Å². The van der Waals surface area contributed by atoms with E-state index < -0.39 is 10.0 Å². The summed E-state index contributed by atoms with van der Waals surface area (Å²) in [5.41, 5.74) is -0.266. The van der Waals surface area contributed by atoms with Gasteiger partial charge in [-0.2, -0.15) is 4.31 Å². The van der Waals surface area contributed by atoms with E-state index in [2.05, 4.69) is 21.2 Å². The lowest BCUT2D eigenvalue weighted by molar-refractivity contribution is -0.123. The minimum Gasteiger partial charge on any atom is -0.350 e. The van der Waals surface area contributed by atoms with Gasteiger partial charge < -0.3 is 5.32 Å². The van der Waals surface area contributed by atoms with Crippen molar-refractivity contribution in [1.82, 2.24) is 14.5 Å². The van der Waals surface area contributed by atoms with Crippen LogP contribution in [-0.2, 0) is 14.8 Å². The summed E-state index contributed by atoms with van der Waals surface area (Å²) in [5, 5.41) is 2.94. The van der Waals surface area contributed by atoms with Crippen LogP contribution in [0.4, 0.5) is 0 Å². The molecule has 1 N–H and O–H groups in total. The maximum absolute atomic E-state index is 12.9. The Kier molecular flexibility index (Phi) is 6.64. The van der Waals surface area contributed by atoms with Gasteiger partial charge in [-0.15, -0.1) is 0 Å². The molecule has 8 heteroatoms. The van der Waals surface area contributed by atoms with Crippen LogP contribution in [0.5, 0.6) is 0 Å². The van der Waals surface area contributed by atoms with Crippen LogP contribution in [0.25, 0.3) is 0 Å². The Labute approximate surface area is 158 Å². The fourth-order valence-corrected chi connectivity index (χ4v) is 5.23. The van der Waals surface area contributed by atoms with E-state index in [1.54, 1.807) is 24.3 Å². The summed E-state index contributed by atoms with van der Waals surface area (Å²) in [6, 6.07) is 6.85. The van der Waals surface area contributed by atoms with Crippen molar-refractivity contribution in [2.75, 3.05) is 32.7 Å². The lowest BCUT2D eigenvalue weighted by Gasteiger charge is -2.25. The van der Waals surface area contributed by atoms with Gasteiger partial charge in [0.2, 0.25) is 15.9 Å². The molecule has 0 aliphatic carbocycles. The fraction of sp³-hybridized carbons (Fsp3) is 0.588. The van der Waals surface area contributed by atoms with Gasteiger partial charge in [0.25, 0.3) is 0 Å². The summed E-state index contributed by atoms with van der Waals surface area (Å²) in [4.78, 5) is 14.4. The van der Waals surface area contributed by atoms with E-state index in [0.717, 1.165) is 0 Å². The number of hydrogen-bond acceptors (Lipinski definition) is 4. The molecule has 0 atom stereocenters. The Hall–Kier alpha value is -0.960. The fourth-order valence-electron chi connectivity index (χ4n) is 2.80. The summed E-state index contributed by atoms with van der Waals surface area (Å²) in [7, 11) is -3.54. The first-order valence-corrected chi connectivity index (χ1v) is 10.6. The van der Waals surface area contributed by atoms with Crippen LogP contribution in [0.15, 0.2) is 33.6 Å². The number of benzene rings is 1. The number of rotatable bonds is 4. The van der Waals surface area contributed by atoms with Crippen molar-refractivity contribution >= 4 is 31.9 Å². The van der Waals surface area contributed by atoms with Crippen LogP contribution in [-0.4, -0.2) is 61.8 Å². The molecule has 1 heterocycles.